The molecule has 0 saturated carbocycles. The SMILES string of the molecule is C=CC(=O)OCCN=CC. The Kier molecular flexibility index (Phi) is 5.33. The van der Waals surface area contributed by atoms with Crippen molar-refractivity contribution in [2.45, 2.75) is 6.92 Å². The minimum absolute atomic E-state index is 0.329. The van der Waals surface area contributed by atoms with Gasteiger partial charge in [0, 0.05) is 6.08 Å². The van der Waals surface area contributed by atoms with Gasteiger partial charge in [-0.15, -0.1) is 0 Å². The zero-order valence-corrected chi connectivity index (χ0v) is 6.04. The van der Waals surface area contributed by atoms with Crippen molar-refractivity contribution < 1.29 is 9.53 Å². The lowest BCUT2D eigenvalue weighted by Gasteiger charge is -1.95. The maximum absolute atomic E-state index is 10.4. The van der Waals surface area contributed by atoms with Crippen LogP contribution in [0.15, 0.2) is 17.6 Å². The van der Waals surface area contributed by atoms with Gasteiger partial charge in [0.05, 0.1) is 6.54 Å². The molecule has 0 radical (unpaired) electrons. The van der Waals surface area contributed by atoms with Crippen LogP contribution in [0.25, 0.3) is 0 Å². The Morgan fingerprint density at radius 2 is 2.50 bits per heavy atom. The Morgan fingerprint density at radius 3 is 3.00 bits per heavy atom. The van der Waals surface area contributed by atoms with E-state index in [1.165, 1.54) is 0 Å². The molecule has 0 fully saturated rings. The highest BCUT2D eigenvalue weighted by Gasteiger charge is 1.91. The Balaban J connectivity index is 3.19. The second kappa shape index (κ2) is 6.01. The van der Waals surface area contributed by atoms with Crippen molar-refractivity contribution in [1.82, 2.24) is 0 Å². The molecular formula is C7H11NO2. The topological polar surface area (TPSA) is 38.7 Å². The maximum atomic E-state index is 10.4. The van der Waals surface area contributed by atoms with E-state index in [2.05, 4.69) is 16.3 Å². The minimum Gasteiger partial charge on any atom is -0.461 e. The summed E-state index contributed by atoms with van der Waals surface area (Å²) in [6.07, 6.45) is 2.80. The third-order valence-corrected chi connectivity index (χ3v) is 0.814. The second-order valence-corrected chi connectivity index (χ2v) is 1.54. The molecule has 3 heteroatoms. The van der Waals surface area contributed by atoms with Crippen LogP contribution in [0.3, 0.4) is 0 Å². The number of rotatable bonds is 4. The first kappa shape index (κ1) is 8.88. The third kappa shape index (κ3) is 5.03. The lowest BCUT2D eigenvalue weighted by Crippen LogP contribution is -2.03. The number of carbonyl (C=O) groups excluding carboxylic acids is 1. The largest absolute Gasteiger partial charge is 0.461 e. The van der Waals surface area contributed by atoms with E-state index in [1.54, 1.807) is 6.21 Å². The Hall–Kier alpha value is -1.12. The van der Waals surface area contributed by atoms with Gasteiger partial charge >= 0.3 is 5.97 Å². The average molecular weight is 141 g/mol. The first-order valence-electron chi connectivity index (χ1n) is 3.05. The third-order valence-electron chi connectivity index (χ3n) is 0.814. The van der Waals surface area contributed by atoms with Crippen LogP contribution in [0.1, 0.15) is 6.92 Å². The molecule has 0 bridgehead atoms. The van der Waals surface area contributed by atoms with Crippen LogP contribution in [-0.2, 0) is 9.53 Å². The molecule has 0 amide bonds. The minimum atomic E-state index is -0.397. The molecule has 0 aliphatic rings. The molecule has 0 spiro atoms. The summed E-state index contributed by atoms with van der Waals surface area (Å²) in [5, 5.41) is 0. The fourth-order valence-corrected chi connectivity index (χ4v) is 0.387. The molecule has 0 unspecified atom stereocenters. The highest BCUT2D eigenvalue weighted by atomic mass is 16.5. The fraction of sp³-hybridized carbons (Fsp3) is 0.429. The molecule has 0 aromatic rings. The monoisotopic (exact) mass is 141 g/mol. The van der Waals surface area contributed by atoms with E-state index in [1.807, 2.05) is 6.92 Å². The van der Waals surface area contributed by atoms with Gasteiger partial charge < -0.3 is 4.74 Å². The van der Waals surface area contributed by atoms with E-state index in [-0.39, 0.29) is 0 Å². The first-order valence-corrected chi connectivity index (χ1v) is 3.05. The molecule has 0 rings (SSSR count). The van der Waals surface area contributed by atoms with Crippen LogP contribution in [-0.4, -0.2) is 25.3 Å². The van der Waals surface area contributed by atoms with Gasteiger partial charge in [-0.3, -0.25) is 4.99 Å². The average Bonchev–Trinajstić information content (AvgIpc) is 1.98. The number of ether oxygens (including phenoxy) is 1. The van der Waals surface area contributed by atoms with Gasteiger partial charge in [0.2, 0.25) is 0 Å². The summed E-state index contributed by atoms with van der Waals surface area (Å²) in [7, 11) is 0. The van der Waals surface area contributed by atoms with E-state index < -0.39 is 5.97 Å². The van der Waals surface area contributed by atoms with Crippen molar-refractivity contribution in [2.75, 3.05) is 13.2 Å². The molecule has 56 valence electrons. The smallest absolute Gasteiger partial charge is 0.330 e. The molecule has 0 aromatic carbocycles. The van der Waals surface area contributed by atoms with E-state index >= 15 is 0 Å². The molecule has 0 heterocycles. The van der Waals surface area contributed by atoms with Crippen LogP contribution < -0.4 is 0 Å². The van der Waals surface area contributed by atoms with Gasteiger partial charge in [-0.05, 0) is 13.1 Å². The Labute approximate surface area is 60.4 Å². The van der Waals surface area contributed by atoms with Crippen LogP contribution in [0.2, 0.25) is 0 Å². The first-order chi connectivity index (χ1) is 4.81. The van der Waals surface area contributed by atoms with Crippen molar-refractivity contribution in [3.05, 3.63) is 12.7 Å². The molecule has 0 aliphatic carbocycles. The van der Waals surface area contributed by atoms with Crippen LogP contribution >= 0.6 is 0 Å². The standard InChI is InChI=1S/C7H11NO2/c1-3-7(9)10-6-5-8-4-2/h3-4H,1,5-6H2,2H3. The Bertz CT molecular complexity index is 141. The summed E-state index contributed by atoms with van der Waals surface area (Å²) >= 11 is 0. The molecule has 0 saturated heterocycles. The lowest BCUT2D eigenvalue weighted by atomic mass is 10.6. The summed E-state index contributed by atoms with van der Waals surface area (Å²) in [6.45, 7) is 5.91. The zero-order valence-electron chi connectivity index (χ0n) is 6.04. The van der Waals surface area contributed by atoms with Crippen LogP contribution in [0.4, 0.5) is 0 Å². The number of nitrogens with zero attached hydrogens (tertiary/aromatic N) is 1. The van der Waals surface area contributed by atoms with Gasteiger partial charge in [0.1, 0.15) is 6.61 Å². The molecule has 0 aromatic heterocycles. The number of aliphatic imine (C=N–C) groups is 1. The van der Waals surface area contributed by atoms with Crippen molar-refractivity contribution >= 4 is 12.2 Å². The van der Waals surface area contributed by atoms with Crippen molar-refractivity contribution in [1.29, 1.82) is 0 Å². The number of hydrogen-bond acceptors (Lipinski definition) is 3. The quantitative estimate of drug-likeness (QED) is 0.251. The molecule has 0 atom stereocenters. The fourth-order valence-electron chi connectivity index (χ4n) is 0.387. The molecule has 3 nitrogen and oxygen atoms in total. The van der Waals surface area contributed by atoms with E-state index in [0.717, 1.165) is 6.08 Å². The predicted octanol–water partition coefficient (Wildman–Crippen LogP) is 0.806. The highest BCUT2D eigenvalue weighted by Crippen LogP contribution is 1.78. The summed E-state index contributed by atoms with van der Waals surface area (Å²) in [5.74, 6) is -0.397. The normalized spacial score (nSPS) is 9.70. The van der Waals surface area contributed by atoms with Crippen molar-refractivity contribution in [3.63, 3.8) is 0 Å². The molecule has 0 aliphatic heterocycles. The Morgan fingerprint density at radius 1 is 1.80 bits per heavy atom. The zero-order chi connectivity index (χ0) is 7.82. The van der Waals surface area contributed by atoms with Gasteiger partial charge in [-0.2, -0.15) is 0 Å². The van der Waals surface area contributed by atoms with Crippen molar-refractivity contribution in [2.24, 2.45) is 4.99 Å². The van der Waals surface area contributed by atoms with Gasteiger partial charge in [0.15, 0.2) is 0 Å². The molecule has 0 N–H and O–H groups in total. The summed E-state index contributed by atoms with van der Waals surface area (Å²) in [5.41, 5.74) is 0. The summed E-state index contributed by atoms with van der Waals surface area (Å²) in [4.78, 5) is 14.2. The predicted molar refractivity (Wildman–Crippen MR) is 40.2 cm³/mol. The second-order valence-electron chi connectivity index (χ2n) is 1.54. The van der Waals surface area contributed by atoms with Gasteiger partial charge in [0.25, 0.3) is 0 Å². The van der Waals surface area contributed by atoms with Crippen LogP contribution in [0, 0.1) is 0 Å². The molecule has 10 heavy (non-hydrogen) atoms. The van der Waals surface area contributed by atoms with E-state index in [4.69, 9.17) is 0 Å². The lowest BCUT2D eigenvalue weighted by molar-refractivity contribution is -0.137. The van der Waals surface area contributed by atoms with E-state index in [9.17, 15) is 4.79 Å². The van der Waals surface area contributed by atoms with Crippen molar-refractivity contribution in [3.8, 4) is 0 Å². The van der Waals surface area contributed by atoms with Crippen LogP contribution in [0.5, 0.6) is 0 Å². The number of carbonyl (C=O) groups is 1. The maximum Gasteiger partial charge on any atom is 0.330 e. The summed E-state index contributed by atoms with van der Waals surface area (Å²) in [6, 6.07) is 0. The van der Waals surface area contributed by atoms with E-state index in [0.29, 0.717) is 13.2 Å². The molecular weight excluding hydrogens is 130 g/mol. The van der Waals surface area contributed by atoms with Gasteiger partial charge in [-0.25, -0.2) is 4.79 Å². The number of esters is 1. The summed E-state index contributed by atoms with van der Waals surface area (Å²) < 4.78 is 4.62. The van der Waals surface area contributed by atoms with Gasteiger partial charge in [-0.1, -0.05) is 6.58 Å². The highest BCUT2D eigenvalue weighted by molar-refractivity contribution is 5.81. The number of hydrogen-bond donors (Lipinski definition) is 0.